The number of nitrogens with zero attached hydrogens (tertiary/aromatic N) is 6. The van der Waals surface area contributed by atoms with Gasteiger partial charge in [0.2, 0.25) is 5.91 Å². The third-order valence-electron chi connectivity index (χ3n) is 8.90. The quantitative estimate of drug-likeness (QED) is 0.198. The van der Waals surface area contributed by atoms with Gasteiger partial charge in [-0.05, 0) is 62.9 Å². The summed E-state index contributed by atoms with van der Waals surface area (Å²) >= 11 is 0. The summed E-state index contributed by atoms with van der Waals surface area (Å²) in [6.45, 7) is 8.31. The molecule has 6 rings (SSSR count). The number of fused-ring (bicyclic) bond motifs is 1. The molecule has 242 valence electrons. The number of likely N-dealkylation sites (tertiary alicyclic amines) is 1. The number of hydrogen-bond donors (Lipinski definition) is 2. The highest BCUT2D eigenvalue weighted by Gasteiger charge is 2.30. The van der Waals surface area contributed by atoms with Crippen molar-refractivity contribution in [2.24, 2.45) is 5.41 Å². The number of halogens is 1. The second-order valence-corrected chi connectivity index (χ2v) is 12.1. The number of carbonyl (C=O) groups excluding carboxylic acids is 1. The third-order valence-corrected chi connectivity index (χ3v) is 8.90. The summed E-state index contributed by atoms with van der Waals surface area (Å²) in [5.41, 5.74) is 1.31. The molecule has 0 saturated carbocycles. The Morgan fingerprint density at radius 2 is 1.83 bits per heavy atom. The first-order chi connectivity index (χ1) is 22.8. The molecule has 0 aliphatic carbocycles. The molecule has 0 unspecified atom stereocenters. The zero-order valence-corrected chi connectivity index (χ0v) is 26.5. The summed E-state index contributed by atoms with van der Waals surface area (Å²) in [5, 5.41) is 16.8. The monoisotopic (exact) mass is 636 g/mol. The van der Waals surface area contributed by atoms with Crippen molar-refractivity contribution in [3.63, 3.8) is 0 Å². The number of piperidine rings is 2. The number of hydrogen-bond acceptors (Lipinski definition) is 10. The Morgan fingerprint density at radius 1 is 1.06 bits per heavy atom. The first-order valence-corrected chi connectivity index (χ1v) is 15.6. The smallest absolute Gasteiger partial charge is 0.245 e. The second-order valence-electron chi connectivity index (χ2n) is 12.1. The average Bonchev–Trinajstić information content (AvgIpc) is 3.10. The van der Waals surface area contributed by atoms with Crippen molar-refractivity contribution in [1.82, 2.24) is 19.9 Å². The lowest BCUT2D eigenvalue weighted by Gasteiger charge is -2.35. The van der Waals surface area contributed by atoms with Crippen molar-refractivity contribution in [3.8, 4) is 23.3 Å². The van der Waals surface area contributed by atoms with Crippen LogP contribution < -0.4 is 25.0 Å². The Hall–Kier alpha value is -5.44. The van der Waals surface area contributed by atoms with Gasteiger partial charge in [-0.15, -0.1) is 0 Å². The van der Waals surface area contributed by atoms with E-state index in [1.54, 1.807) is 36.4 Å². The normalized spacial score (nSPS) is 16.3. The number of benzene rings is 2. The van der Waals surface area contributed by atoms with E-state index in [-0.39, 0.29) is 23.1 Å². The van der Waals surface area contributed by atoms with E-state index in [2.05, 4.69) is 43.1 Å². The maximum Gasteiger partial charge on any atom is 0.245 e. The molecule has 0 radical (unpaired) electrons. The Morgan fingerprint density at radius 3 is 2.53 bits per heavy atom. The van der Waals surface area contributed by atoms with Gasteiger partial charge in [-0.3, -0.25) is 4.79 Å². The number of aromatic nitrogens is 3. The number of amides is 1. The Kier molecular flexibility index (Phi) is 9.06. The van der Waals surface area contributed by atoms with Crippen molar-refractivity contribution >= 4 is 39.8 Å². The van der Waals surface area contributed by atoms with Crippen molar-refractivity contribution in [1.29, 1.82) is 5.26 Å². The van der Waals surface area contributed by atoms with Crippen LogP contribution in [0.3, 0.4) is 0 Å². The molecule has 2 aromatic heterocycles. The van der Waals surface area contributed by atoms with Gasteiger partial charge in [0.05, 0.1) is 35.5 Å². The second kappa shape index (κ2) is 13.5. The lowest BCUT2D eigenvalue weighted by Crippen LogP contribution is -2.41. The number of rotatable bonds is 9. The van der Waals surface area contributed by atoms with Gasteiger partial charge in [0, 0.05) is 62.0 Å². The van der Waals surface area contributed by atoms with Gasteiger partial charge in [0.25, 0.3) is 0 Å². The van der Waals surface area contributed by atoms with Crippen LogP contribution in [-0.2, 0) is 4.79 Å². The van der Waals surface area contributed by atoms with Gasteiger partial charge in [0.15, 0.2) is 0 Å². The van der Waals surface area contributed by atoms with E-state index in [4.69, 9.17) is 9.47 Å². The van der Waals surface area contributed by atoms with Gasteiger partial charge < -0.3 is 29.9 Å². The average molecular weight is 637 g/mol. The van der Waals surface area contributed by atoms with Crippen molar-refractivity contribution in [2.45, 2.75) is 38.6 Å². The SMILES string of the molecule is C=CC(=O)N1CCC(Nc2cc3c(Nc4ccc(Oc5ccnc(N6CCC(C)(C#N)CC6)c5)cc4F)ncnc3cc2OC)CC1. The number of nitrogens with one attached hydrogen (secondary N) is 2. The van der Waals surface area contributed by atoms with E-state index in [1.807, 2.05) is 25.1 Å². The number of methoxy groups -OCH3 is 1. The molecule has 2 N–H and O–H groups in total. The predicted octanol–water partition coefficient (Wildman–Crippen LogP) is 6.43. The molecule has 2 aliphatic rings. The summed E-state index contributed by atoms with van der Waals surface area (Å²) in [6.07, 6.45) is 7.51. The van der Waals surface area contributed by atoms with Crippen LogP contribution in [0.1, 0.15) is 32.6 Å². The minimum atomic E-state index is -0.511. The number of pyridine rings is 1. The zero-order chi connectivity index (χ0) is 33.0. The van der Waals surface area contributed by atoms with Crippen LogP contribution in [0.2, 0.25) is 0 Å². The molecule has 1 amide bonds. The summed E-state index contributed by atoms with van der Waals surface area (Å²) in [7, 11) is 1.60. The van der Waals surface area contributed by atoms with Gasteiger partial charge in [-0.1, -0.05) is 6.58 Å². The molecule has 4 heterocycles. The van der Waals surface area contributed by atoms with E-state index in [0.717, 1.165) is 50.3 Å². The van der Waals surface area contributed by atoms with E-state index < -0.39 is 5.82 Å². The molecular formula is C35H37FN8O3. The molecule has 2 fully saturated rings. The predicted molar refractivity (Wildman–Crippen MR) is 179 cm³/mol. The minimum Gasteiger partial charge on any atom is -0.495 e. The molecule has 2 aromatic carbocycles. The largest absolute Gasteiger partial charge is 0.495 e. The molecule has 47 heavy (non-hydrogen) atoms. The van der Waals surface area contributed by atoms with Crippen LogP contribution in [0.25, 0.3) is 10.9 Å². The molecule has 0 spiro atoms. The highest BCUT2D eigenvalue weighted by molar-refractivity contribution is 5.95. The van der Waals surface area contributed by atoms with Gasteiger partial charge in [0.1, 0.15) is 41.0 Å². The highest BCUT2D eigenvalue weighted by atomic mass is 19.1. The van der Waals surface area contributed by atoms with Crippen molar-refractivity contribution < 1.29 is 18.7 Å². The van der Waals surface area contributed by atoms with E-state index in [9.17, 15) is 10.1 Å². The summed E-state index contributed by atoms with van der Waals surface area (Å²) in [4.78, 5) is 29.2. The fraction of sp³-hybridized carbons (Fsp3) is 0.343. The first kappa shape index (κ1) is 31.5. The van der Waals surface area contributed by atoms with Crippen LogP contribution in [0.4, 0.5) is 27.4 Å². The van der Waals surface area contributed by atoms with Crippen LogP contribution in [-0.4, -0.2) is 65.1 Å². The summed E-state index contributed by atoms with van der Waals surface area (Å²) in [6, 6.07) is 14.5. The Balaban J connectivity index is 1.16. The third kappa shape index (κ3) is 7.04. The molecule has 2 aliphatic heterocycles. The summed E-state index contributed by atoms with van der Waals surface area (Å²) < 4.78 is 27.1. The molecule has 0 bridgehead atoms. The van der Waals surface area contributed by atoms with Crippen LogP contribution in [0.5, 0.6) is 17.2 Å². The molecule has 2 saturated heterocycles. The van der Waals surface area contributed by atoms with Crippen molar-refractivity contribution in [3.05, 3.63) is 73.5 Å². The van der Waals surface area contributed by atoms with Crippen LogP contribution in [0, 0.1) is 22.6 Å². The number of anilines is 4. The maximum absolute atomic E-state index is 15.4. The van der Waals surface area contributed by atoms with E-state index in [1.165, 1.54) is 18.5 Å². The number of carbonyl (C=O) groups is 1. The number of ether oxygens (including phenoxy) is 2. The zero-order valence-electron chi connectivity index (χ0n) is 26.5. The lowest BCUT2D eigenvalue weighted by molar-refractivity contribution is -0.126. The Labute approximate surface area is 273 Å². The maximum atomic E-state index is 15.4. The molecular weight excluding hydrogens is 599 g/mol. The minimum absolute atomic E-state index is 0.0587. The van der Waals surface area contributed by atoms with Crippen LogP contribution in [0.15, 0.2) is 67.6 Å². The lowest BCUT2D eigenvalue weighted by atomic mass is 9.82. The van der Waals surface area contributed by atoms with Gasteiger partial charge >= 0.3 is 0 Å². The first-order valence-electron chi connectivity index (χ1n) is 15.6. The standard InChI is InChI=1S/C35H37FN8O3/c1-4-33(45)44-13-8-23(9-14-44)41-30-19-26-29(20-31(30)46-3)39-22-40-34(26)42-28-6-5-24(17-27(28)36)47-25-7-12-38-32(18-25)43-15-10-35(2,21-37)11-16-43/h4-7,12,17-20,22-23,41H,1,8-11,13-16H2,2-3H3,(H,39,40,42). The Bertz CT molecular complexity index is 1830. The molecule has 12 heteroatoms. The fourth-order valence-corrected chi connectivity index (χ4v) is 5.96. The van der Waals surface area contributed by atoms with Gasteiger partial charge in [-0.25, -0.2) is 19.3 Å². The molecule has 4 aromatic rings. The van der Waals surface area contributed by atoms with E-state index >= 15 is 4.39 Å². The topological polar surface area (TPSA) is 129 Å². The summed E-state index contributed by atoms with van der Waals surface area (Å²) in [5.74, 6) is 2.13. The number of nitriles is 1. The van der Waals surface area contributed by atoms with Crippen molar-refractivity contribution in [2.75, 3.05) is 48.8 Å². The molecule has 0 atom stereocenters. The highest BCUT2D eigenvalue weighted by Crippen LogP contribution is 2.36. The molecule has 11 nitrogen and oxygen atoms in total. The van der Waals surface area contributed by atoms with Crippen LogP contribution >= 0.6 is 0 Å². The van der Waals surface area contributed by atoms with E-state index in [0.29, 0.717) is 47.1 Å². The fourth-order valence-electron chi connectivity index (χ4n) is 5.96. The van der Waals surface area contributed by atoms with Gasteiger partial charge in [-0.2, -0.15) is 5.26 Å².